The highest BCUT2D eigenvalue weighted by Gasteiger charge is 2.33. The summed E-state index contributed by atoms with van der Waals surface area (Å²) in [5.74, 6) is -0.143. The Balaban J connectivity index is 1.28. The average molecular weight is 455 g/mol. The third-order valence-electron chi connectivity index (χ3n) is 6.23. The average Bonchev–Trinajstić information content (AvgIpc) is 3.45. The van der Waals surface area contributed by atoms with Crippen molar-refractivity contribution in [1.82, 2.24) is 26.1 Å². The van der Waals surface area contributed by atoms with Crippen LogP contribution in [-0.2, 0) is 4.79 Å². The number of benzene rings is 3. The van der Waals surface area contributed by atoms with E-state index in [-0.39, 0.29) is 17.7 Å². The summed E-state index contributed by atoms with van der Waals surface area (Å²) in [5.41, 5.74) is 13.5. The monoisotopic (exact) mass is 454 g/mol. The van der Waals surface area contributed by atoms with E-state index in [2.05, 4.69) is 21.4 Å². The van der Waals surface area contributed by atoms with Crippen molar-refractivity contribution in [2.75, 3.05) is 0 Å². The molecule has 2 unspecified atom stereocenters. The van der Waals surface area contributed by atoms with Gasteiger partial charge >= 0.3 is 0 Å². The Kier molecular flexibility index (Phi) is 5.83. The van der Waals surface area contributed by atoms with Crippen LogP contribution in [0.5, 0.6) is 5.75 Å². The molecule has 1 fully saturated rings. The van der Waals surface area contributed by atoms with Gasteiger partial charge in [-0.2, -0.15) is 10.2 Å². The number of phenolic OH excluding ortho intramolecular Hbond substituents is 1. The van der Waals surface area contributed by atoms with Gasteiger partial charge in [0.05, 0.1) is 23.6 Å². The van der Waals surface area contributed by atoms with Gasteiger partial charge in [0.15, 0.2) is 0 Å². The van der Waals surface area contributed by atoms with Crippen molar-refractivity contribution in [3.63, 3.8) is 0 Å². The Morgan fingerprint density at radius 1 is 1.09 bits per heavy atom. The zero-order valence-corrected chi connectivity index (χ0v) is 19.0. The number of rotatable bonds is 5. The van der Waals surface area contributed by atoms with Crippen LogP contribution in [0.4, 0.5) is 0 Å². The summed E-state index contributed by atoms with van der Waals surface area (Å²) in [6, 6.07) is 20.6. The summed E-state index contributed by atoms with van der Waals surface area (Å²) in [6.07, 6.45) is 2.04. The number of aryl methyl sites for hydroxylation is 1. The molecule has 2 atom stereocenters. The van der Waals surface area contributed by atoms with Gasteiger partial charge in [0, 0.05) is 16.8 Å². The smallest absolute Gasteiger partial charge is 0.258 e. The first-order chi connectivity index (χ1) is 16.5. The number of para-hydroxylation sites is 1. The van der Waals surface area contributed by atoms with Crippen LogP contribution in [0.1, 0.15) is 35.0 Å². The molecule has 34 heavy (non-hydrogen) atoms. The second-order valence-electron chi connectivity index (χ2n) is 8.42. The van der Waals surface area contributed by atoms with Crippen molar-refractivity contribution < 1.29 is 9.90 Å². The van der Waals surface area contributed by atoms with E-state index in [1.165, 1.54) is 6.21 Å². The molecule has 1 saturated heterocycles. The number of carbonyl (C=O) groups excluding carboxylic acids is 1. The molecule has 2 heterocycles. The number of hydrazine groups is 1. The van der Waals surface area contributed by atoms with Crippen molar-refractivity contribution >= 4 is 22.9 Å². The van der Waals surface area contributed by atoms with Crippen LogP contribution in [0.2, 0.25) is 0 Å². The number of hydrogen-bond acceptors (Lipinski definition) is 6. The predicted octanol–water partition coefficient (Wildman–Crippen LogP) is 3.41. The fourth-order valence-electron chi connectivity index (χ4n) is 4.56. The fourth-order valence-corrected chi connectivity index (χ4v) is 4.56. The standard InChI is InChI=1S/C26H26N6O2/c1-16-25(17(2)32(31-16)19-9-4-3-5-10-19)22-14-23(29-28-22)26(34)30-27-15-21-20-11-7-6-8-18(20)12-13-24(21)33/h3-13,15,22-23,28-29,33H,14H2,1-2H3,(H,30,34)/b27-15+. The predicted molar refractivity (Wildman–Crippen MR) is 132 cm³/mol. The molecule has 8 nitrogen and oxygen atoms in total. The van der Waals surface area contributed by atoms with Gasteiger partial charge in [-0.3, -0.25) is 4.79 Å². The summed E-state index contributed by atoms with van der Waals surface area (Å²) < 4.78 is 1.93. The largest absolute Gasteiger partial charge is 0.507 e. The first-order valence-corrected chi connectivity index (χ1v) is 11.2. The molecule has 0 spiro atoms. The highest BCUT2D eigenvalue weighted by atomic mass is 16.3. The lowest BCUT2D eigenvalue weighted by Gasteiger charge is -2.11. The molecule has 4 N–H and O–H groups in total. The van der Waals surface area contributed by atoms with Crippen LogP contribution in [0, 0.1) is 13.8 Å². The van der Waals surface area contributed by atoms with Crippen molar-refractivity contribution in [2.45, 2.75) is 32.4 Å². The Hall–Kier alpha value is -4.01. The summed E-state index contributed by atoms with van der Waals surface area (Å²) in [6.45, 7) is 4.02. The molecule has 0 aliphatic carbocycles. The van der Waals surface area contributed by atoms with E-state index in [9.17, 15) is 9.90 Å². The molecule has 5 rings (SSSR count). The molecule has 1 aliphatic rings. The summed E-state index contributed by atoms with van der Waals surface area (Å²) >= 11 is 0. The number of carbonyl (C=O) groups is 1. The second kappa shape index (κ2) is 9.09. The van der Waals surface area contributed by atoms with Gasteiger partial charge in [-0.25, -0.2) is 21.0 Å². The number of amides is 1. The quantitative estimate of drug-likeness (QED) is 0.273. The van der Waals surface area contributed by atoms with E-state index in [4.69, 9.17) is 5.10 Å². The zero-order chi connectivity index (χ0) is 23.7. The second-order valence-corrected chi connectivity index (χ2v) is 8.42. The van der Waals surface area contributed by atoms with Gasteiger partial charge in [0.25, 0.3) is 5.91 Å². The number of hydrogen-bond donors (Lipinski definition) is 4. The maximum atomic E-state index is 12.7. The van der Waals surface area contributed by atoms with Gasteiger partial charge < -0.3 is 5.11 Å². The van der Waals surface area contributed by atoms with E-state index in [0.29, 0.717) is 12.0 Å². The molecule has 3 aromatic carbocycles. The van der Waals surface area contributed by atoms with E-state index in [0.717, 1.165) is 33.4 Å². The van der Waals surface area contributed by atoms with Gasteiger partial charge in [-0.15, -0.1) is 0 Å². The van der Waals surface area contributed by atoms with Gasteiger partial charge in [0.2, 0.25) is 0 Å². The van der Waals surface area contributed by atoms with Crippen LogP contribution in [0.25, 0.3) is 16.5 Å². The van der Waals surface area contributed by atoms with E-state index in [1.54, 1.807) is 6.07 Å². The van der Waals surface area contributed by atoms with E-state index < -0.39 is 6.04 Å². The Morgan fingerprint density at radius 2 is 1.85 bits per heavy atom. The normalized spacial score (nSPS) is 18.1. The van der Waals surface area contributed by atoms with Crippen LogP contribution < -0.4 is 16.3 Å². The SMILES string of the molecule is Cc1nn(-c2ccccc2)c(C)c1C1CC(C(=O)N/N=C/c2c(O)ccc3ccccc23)NN1. The lowest BCUT2D eigenvalue weighted by atomic mass is 10.00. The van der Waals surface area contributed by atoms with Crippen molar-refractivity contribution in [1.29, 1.82) is 0 Å². The third kappa shape index (κ3) is 4.05. The maximum Gasteiger partial charge on any atom is 0.258 e. The van der Waals surface area contributed by atoms with Crippen LogP contribution in [0.3, 0.4) is 0 Å². The zero-order valence-electron chi connectivity index (χ0n) is 19.0. The Labute approximate surface area is 197 Å². The number of fused-ring (bicyclic) bond motifs is 1. The van der Waals surface area contributed by atoms with Gasteiger partial charge in [0.1, 0.15) is 11.8 Å². The molecule has 0 saturated carbocycles. The van der Waals surface area contributed by atoms with Crippen LogP contribution in [-0.4, -0.2) is 33.1 Å². The summed E-state index contributed by atoms with van der Waals surface area (Å²) in [4.78, 5) is 12.7. The fraction of sp³-hybridized carbons (Fsp3) is 0.192. The highest BCUT2D eigenvalue weighted by Crippen LogP contribution is 2.29. The first-order valence-electron chi connectivity index (χ1n) is 11.2. The van der Waals surface area contributed by atoms with Crippen molar-refractivity contribution in [3.8, 4) is 11.4 Å². The van der Waals surface area contributed by atoms with Crippen molar-refractivity contribution in [2.24, 2.45) is 5.10 Å². The first kappa shape index (κ1) is 21.8. The van der Waals surface area contributed by atoms with E-state index in [1.807, 2.05) is 79.2 Å². The molecule has 1 aromatic heterocycles. The minimum Gasteiger partial charge on any atom is -0.507 e. The molecule has 8 heteroatoms. The Morgan fingerprint density at radius 3 is 2.68 bits per heavy atom. The van der Waals surface area contributed by atoms with Crippen molar-refractivity contribution in [3.05, 3.63) is 89.2 Å². The number of aromatic hydroxyl groups is 1. The molecule has 172 valence electrons. The number of hydrazone groups is 1. The minimum atomic E-state index is -0.456. The summed E-state index contributed by atoms with van der Waals surface area (Å²) in [7, 11) is 0. The Bertz CT molecular complexity index is 1380. The molecular formula is C26H26N6O2. The van der Waals surface area contributed by atoms with E-state index >= 15 is 0 Å². The lowest BCUT2D eigenvalue weighted by molar-refractivity contribution is -0.122. The summed E-state index contributed by atoms with van der Waals surface area (Å²) in [5, 5.41) is 20.9. The number of phenols is 1. The lowest BCUT2D eigenvalue weighted by Crippen LogP contribution is -2.41. The van der Waals surface area contributed by atoms with Gasteiger partial charge in [-0.1, -0.05) is 48.5 Å². The molecular weight excluding hydrogens is 428 g/mol. The number of aromatic nitrogens is 2. The molecule has 1 aliphatic heterocycles. The third-order valence-corrected chi connectivity index (χ3v) is 6.23. The molecule has 0 bridgehead atoms. The van der Waals surface area contributed by atoms with Gasteiger partial charge in [-0.05, 0) is 49.2 Å². The molecule has 4 aromatic rings. The highest BCUT2D eigenvalue weighted by molar-refractivity contribution is 6.02. The number of nitrogens with zero attached hydrogens (tertiary/aromatic N) is 3. The molecule has 0 radical (unpaired) electrons. The van der Waals surface area contributed by atoms with Crippen LogP contribution >= 0.6 is 0 Å². The number of nitrogens with one attached hydrogen (secondary N) is 3. The molecule has 1 amide bonds. The minimum absolute atomic E-state index is 0.0562. The van der Waals surface area contributed by atoms with Crippen LogP contribution in [0.15, 0.2) is 71.8 Å². The topological polar surface area (TPSA) is 104 Å². The maximum absolute atomic E-state index is 12.7.